The van der Waals surface area contributed by atoms with Crippen LogP contribution < -0.4 is 10.1 Å². The maximum absolute atomic E-state index is 12.5. The number of amides is 3. The molecule has 2 saturated heterocycles. The van der Waals surface area contributed by atoms with E-state index < -0.39 is 0 Å². The van der Waals surface area contributed by atoms with Gasteiger partial charge in [0.25, 0.3) is 5.89 Å². The van der Waals surface area contributed by atoms with E-state index in [1.54, 1.807) is 16.2 Å². The van der Waals surface area contributed by atoms with Gasteiger partial charge in [0.05, 0.1) is 6.54 Å². The normalized spacial score (nSPS) is 20.4. The Bertz CT molecular complexity index is 1660. The van der Waals surface area contributed by atoms with E-state index in [9.17, 15) is 9.59 Å². The Morgan fingerprint density at radius 1 is 1.07 bits per heavy atom. The fraction of sp³-hybridized carbons (Fsp3) is 0.419. The van der Waals surface area contributed by atoms with Gasteiger partial charge in [0.2, 0.25) is 5.91 Å². The molecule has 43 heavy (non-hydrogen) atoms. The molecular formula is C31H33N7O4S. The zero-order valence-electron chi connectivity index (χ0n) is 24.3. The molecule has 222 valence electrons. The van der Waals surface area contributed by atoms with Gasteiger partial charge in [-0.25, -0.2) is 4.79 Å². The molecule has 0 spiro atoms. The predicted molar refractivity (Wildman–Crippen MR) is 160 cm³/mol. The van der Waals surface area contributed by atoms with Crippen molar-refractivity contribution in [1.82, 2.24) is 35.5 Å². The lowest BCUT2D eigenvalue weighted by Crippen LogP contribution is -2.28. The molecule has 0 radical (unpaired) electrons. The first-order valence-electron chi connectivity index (χ1n) is 14.7. The SMILES string of the molecule is CC1CN(Cc2ccc(-c3nc(C4CC(=O)N(C5CC5)C4)no3)cc2Oc2ccc(-c3nnc(C(C)C)s3)cc2)C(=O)N1. The number of urea groups is 1. The maximum atomic E-state index is 12.5. The monoisotopic (exact) mass is 599 g/mol. The van der Waals surface area contributed by atoms with Crippen LogP contribution in [0.2, 0.25) is 0 Å². The minimum Gasteiger partial charge on any atom is -0.457 e. The molecule has 4 aromatic rings. The summed E-state index contributed by atoms with van der Waals surface area (Å²) in [6, 6.07) is 13.8. The van der Waals surface area contributed by atoms with Crippen LogP contribution >= 0.6 is 11.3 Å². The van der Waals surface area contributed by atoms with Crippen LogP contribution in [0.15, 0.2) is 47.0 Å². The van der Waals surface area contributed by atoms with E-state index in [-0.39, 0.29) is 23.9 Å². The highest BCUT2D eigenvalue weighted by atomic mass is 32.1. The number of aromatic nitrogens is 4. The number of nitrogens with zero attached hydrogens (tertiary/aromatic N) is 6. The molecule has 3 aliphatic rings. The number of carbonyl (C=O) groups excluding carboxylic acids is 2. The van der Waals surface area contributed by atoms with Crippen molar-refractivity contribution in [3.8, 4) is 33.5 Å². The summed E-state index contributed by atoms with van der Waals surface area (Å²) in [7, 11) is 0. The van der Waals surface area contributed by atoms with Crippen molar-refractivity contribution in [2.45, 2.75) is 70.5 Å². The summed E-state index contributed by atoms with van der Waals surface area (Å²) < 4.78 is 12.1. The molecule has 2 aliphatic heterocycles. The van der Waals surface area contributed by atoms with Gasteiger partial charge in [-0.3, -0.25) is 4.79 Å². The minimum atomic E-state index is -0.0994. The molecule has 3 fully saturated rings. The molecule has 7 rings (SSSR count). The first kappa shape index (κ1) is 27.5. The molecule has 4 heterocycles. The average Bonchev–Trinajstić information content (AvgIpc) is 3.34. The number of rotatable bonds is 9. The number of hydrogen-bond donors (Lipinski definition) is 1. The first-order valence-corrected chi connectivity index (χ1v) is 15.6. The highest BCUT2D eigenvalue weighted by molar-refractivity contribution is 7.14. The van der Waals surface area contributed by atoms with Crippen LogP contribution in [0.4, 0.5) is 4.79 Å². The molecular weight excluding hydrogens is 566 g/mol. The number of hydrogen-bond acceptors (Lipinski definition) is 9. The Morgan fingerprint density at radius 2 is 1.86 bits per heavy atom. The van der Waals surface area contributed by atoms with Crippen molar-refractivity contribution in [1.29, 1.82) is 0 Å². The van der Waals surface area contributed by atoms with Crippen molar-refractivity contribution in [3.63, 3.8) is 0 Å². The van der Waals surface area contributed by atoms with Gasteiger partial charge in [-0.1, -0.05) is 36.4 Å². The summed E-state index contributed by atoms with van der Waals surface area (Å²) in [5.74, 6) is 2.57. The summed E-state index contributed by atoms with van der Waals surface area (Å²) in [5, 5.41) is 17.7. The van der Waals surface area contributed by atoms with E-state index in [2.05, 4.69) is 39.5 Å². The van der Waals surface area contributed by atoms with Gasteiger partial charge in [0.15, 0.2) is 5.82 Å². The Hall–Kier alpha value is -4.32. The Kier molecular flexibility index (Phi) is 7.08. The van der Waals surface area contributed by atoms with Crippen molar-refractivity contribution < 1.29 is 18.8 Å². The third kappa shape index (κ3) is 5.71. The summed E-state index contributed by atoms with van der Waals surface area (Å²) in [4.78, 5) is 33.4. The van der Waals surface area contributed by atoms with Gasteiger partial charge in [0, 0.05) is 60.1 Å². The number of benzene rings is 2. The fourth-order valence-electron chi connectivity index (χ4n) is 5.56. The molecule has 12 heteroatoms. The number of ether oxygens (including phenoxy) is 1. The highest BCUT2D eigenvalue weighted by Gasteiger charge is 2.41. The van der Waals surface area contributed by atoms with E-state index in [0.717, 1.165) is 34.0 Å². The van der Waals surface area contributed by atoms with Gasteiger partial charge >= 0.3 is 6.03 Å². The Balaban J connectivity index is 1.14. The topological polar surface area (TPSA) is 127 Å². The van der Waals surface area contributed by atoms with Crippen LogP contribution in [0, 0.1) is 0 Å². The standard InChI is InChI=1S/C31H33N7O4S/c1-17(2)29-34-35-30(43-29)19-6-10-24(11-7-19)41-25-12-20(4-5-21(25)15-37-14-18(3)32-31(37)40)28-33-27(36-42-28)22-13-26(39)38(16-22)23-8-9-23/h4-7,10-12,17-18,22-23H,8-9,13-16H2,1-3H3,(H,32,40). The molecule has 1 aliphatic carbocycles. The maximum Gasteiger partial charge on any atom is 0.318 e. The van der Waals surface area contributed by atoms with Crippen LogP contribution in [0.1, 0.15) is 68.3 Å². The van der Waals surface area contributed by atoms with Gasteiger partial charge in [-0.15, -0.1) is 10.2 Å². The van der Waals surface area contributed by atoms with E-state index in [1.165, 1.54) is 0 Å². The molecule has 11 nitrogen and oxygen atoms in total. The first-order chi connectivity index (χ1) is 20.8. The second-order valence-corrected chi connectivity index (χ2v) is 12.9. The third-order valence-electron chi connectivity index (χ3n) is 8.04. The van der Waals surface area contributed by atoms with E-state index in [4.69, 9.17) is 9.26 Å². The molecule has 3 amide bonds. The van der Waals surface area contributed by atoms with Crippen LogP contribution in [0.5, 0.6) is 11.5 Å². The summed E-state index contributed by atoms with van der Waals surface area (Å²) in [5.41, 5.74) is 2.52. The second kappa shape index (κ2) is 11.1. The predicted octanol–water partition coefficient (Wildman–Crippen LogP) is 5.56. The lowest BCUT2D eigenvalue weighted by Gasteiger charge is -2.18. The molecule has 1 saturated carbocycles. The van der Waals surface area contributed by atoms with Crippen molar-refractivity contribution in [2.75, 3.05) is 13.1 Å². The molecule has 2 aromatic carbocycles. The van der Waals surface area contributed by atoms with Gasteiger partial charge in [-0.2, -0.15) is 4.98 Å². The van der Waals surface area contributed by atoms with Gasteiger partial charge in [0.1, 0.15) is 21.5 Å². The van der Waals surface area contributed by atoms with E-state index in [1.807, 2.05) is 54.3 Å². The largest absolute Gasteiger partial charge is 0.457 e. The van der Waals surface area contributed by atoms with E-state index >= 15 is 0 Å². The molecule has 2 atom stereocenters. The zero-order valence-corrected chi connectivity index (χ0v) is 25.1. The van der Waals surface area contributed by atoms with Crippen LogP contribution in [-0.4, -0.2) is 67.2 Å². The van der Waals surface area contributed by atoms with Crippen molar-refractivity contribution in [3.05, 3.63) is 58.9 Å². The lowest BCUT2D eigenvalue weighted by molar-refractivity contribution is -0.128. The van der Waals surface area contributed by atoms with Gasteiger partial charge in [-0.05, 0) is 56.2 Å². The Labute approximate surface area is 253 Å². The smallest absolute Gasteiger partial charge is 0.318 e. The minimum absolute atomic E-state index is 0.0700. The number of carbonyl (C=O) groups is 2. The lowest BCUT2D eigenvalue weighted by atomic mass is 10.1. The van der Waals surface area contributed by atoms with Crippen LogP contribution in [0.25, 0.3) is 22.0 Å². The molecule has 0 bridgehead atoms. The second-order valence-electron chi connectivity index (χ2n) is 11.9. The third-order valence-corrected chi connectivity index (χ3v) is 9.32. The summed E-state index contributed by atoms with van der Waals surface area (Å²) in [6.07, 6.45) is 2.56. The van der Waals surface area contributed by atoms with Gasteiger partial charge < -0.3 is 24.4 Å². The zero-order chi connectivity index (χ0) is 29.7. The molecule has 2 unspecified atom stereocenters. The van der Waals surface area contributed by atoms with Crippen LogP contribution in [0.3, 0.4) is 0 Å². The number of nitrogens with one attached hydrogen (secondary N) is 1. The fourth-order valence-corrected chi connectivity index (χ4v) is 6.41. The average molecular weight is 600 g/mol. The van der Waals surface area contributed by atoms with E-state index in [0.29, 0.717) is 66.8 Å². The van der Waals surface area contributed by atoms with Crippen LogP contribution in [-0.2, 0) is 11.3 Å². The summed E-state index contributed by atoms with van der Waals surface area (Å²) in [6.45, 7) is 7.83. The number of likely N-dealkylation sites (tertiary alicyclic amines) is 1. The Morgan fingerprint density at radius 3 is 2.56 bits per heavy atom. The summed E-state index contributed by atoms with van der Waals surface area (Å²) >= 11 is 1.59. The van der Waals surface area contributed by atoms with Crippen molar-refractivity contribution in [2.24, 2.45) is 0 Å². The van der Waals surface area contributed by atoms with Crippen molar-refractivity contribution >= 4 is 23.3 Å². The quantitative estimate of drug-likeness (QED) is 0.265. The molecule has 2 aromatic heterocycles. The highest BCUT2D eigenvalue weighted by Crippen LogP contribution is 2.37. The molecule has 1 N–H and O–H groups in total.